The summed E-state index contributed by atoms with van der Waals surface area (Å²) in [7, 11) is 0. The minimum atomic E-state index is -4.47. The van der Waals surface area contributed by atoms with Gasteiger partial charge in [-0.05, 0) is 49.6 Å². The summed E-state index contributed by atoms with van der Waals surface area (Å²) in [6.07, 6.45) is -0.611. The first kappa shape index (κ1) is 22.2. The second kappa shape index (κ2) is 8.83. The zero-order chi connectivity index (χ0) is 22.9. The second-order valence-electron chi connectivity index (χ2n) is 7.96. The van der Waals surface area contributed by atoms with E-state index in [4.69, 9.17) is 0 Å². The number of rotatable bonds is 4. The van der Waals surface area contributed by atoms with E-state index in [0.29, 0.717) is 30.0 Å². The Bertz CT molecular complexity index is 1090. The molecular formula is C21H23F3N6O2. The Hall–Kier alpha value is -3.05. The highest BCUT2D eigenvalue weighted by molar-refractivity contribution is 5.61. The van der Waals surface area contributed by atoms with Crippen molar-refractivity contribution in [2.24, 2.45) is 0 Å². The van der Waals surface area contributed by atoms with Gasteiger partial charge >= 0.3 is 6.18 Å². The average Bonchev–Trinajstić information content (AvgIpc) is 3.16. The highest BCUT2D eigenvalue weighted by atomic mass is 19.4. The first-order chi connectivity index (χ1) is 15.2. The van der Waals surface area contributed by atoms with Crippen molar-refractivity contribution in [2.75, 3.05) is 5.32 Å². The molecule has 0 aliphatic heterocycles. The molecule has 8 nitrogen and oxygen atoms in total. The maximum atomic E-state index is 13.0. The summed E-state index contributed by atoms with van der Waals surface area (Å²) >= 11 is 0. The molecular weight excluding hydrogens is 425 g/mol. The molecule has 32 heavy (non-hydrogen) atoms. The number of hydrogen-bond donors (Lipinski definition) is 3. The average molecular weight is 448 g/mol. The lowest BCUT2D eigenvalue weighted by molar-refractivity contribution is -0.137. The normalized spacial score (nSPS) is 21.9. The van der Waals surface area contributed by atoms with Crippen LogP contribution in [0.3, 0.4) is 0 Å². The van der Waals surface area contributed by atoms with Gasteiger partial charge in [0.25, 0.3) is 0 Å². The zero-order valence-electron chi connectivity index (χ0n) is 17.3. The van der Waals surface area contributed by atoms with Crippen molar-refractivity contribution in [1.82, 2.24) is 25.0 Å². The minimum absolute atomic E-state index is 0.0168. The maximum Gasteiger partial charge on any atom is 0.416 e. The number of alkyl halides is 3. The summed E-state index contributed by atoms with van der Waals surface area (Å²) in [5.41, 5.74) is 0.910. The van der Waals surface area contributed by atoms with Crippen molar-refractivity contribution in [3.63, 3.8) is 0 Å². The van der Waals surface area contributed by atoms with Crippen molar-refractivity contribution >= 4 is 11.6 Å². The first-order valence-electron chi connectivity index (χ1n) is 10.3. The van der Waals surface area contributed by atoms with Crippen molar-refractivity contribution in [2.45, 2.75) is 57.0 Å². The number of aryl methyl sites for hydroxylation is 1. The summed E-state index contributed by atoms with van der Waals surface area (Å²) in [6.45, 7) is 1.83. The molecule has 1 aliphatic carbocycles. The van der Waals surface area contributed by atoms with Gasteiger partial charge in [0.2, 0.25) is 0 Å². The van der Waals surface area contributed by atoms with Crippen molar-refractivity contribution < 1.29 is 23.4 Å². The van der Waals surface area contributed by atoms with Crippen LogP contribution < -0.4 is 5.32 Å². The third kappa shape index (κ3) is 4.89. The molecule has 4 rings (SSSR count). The van der Waals surface area contributed by atoms with E-state index in [1.54, 1.807) is 23.0 Å². The maximum absolute atomic E-state index is 13.0. The van der Waals surface area contributed by atoms with Crippen LogP contribution in [0.4, 0.5) is 24.8 Å². The Morgan fingerprint density at radius 1 is 1.06 bits per heavy atom. The van der Waals surface area contributed by atoms with Gasteiger partial charge in [-0.25, -0.2) is 14.6 Å². The number of aliphatic hydroxyl groups excluding tert-OH is 2. The van der Waals surface area contributed by atoms with Gasteiger partial charge in [-0.1, -0.05) is 18.1 Å². The number of hydrogen-bond acceptors (Lipinski definition) is 7. The van der Waals surface area contributed by atoms with Crippen LogP contribution in [0, 0.1) is 6.92 Å². The van der Waals surface area contributed by atoms with E-state index in [1.807, 2.05) is 6.92 Å². The molecule has 0 spiro atoms. The fraction of sp³-hybridized carbons (Fsp3) is 0.429. The van der Waals surface area contributed by atoms with Crippen LogP contribution in [0.5, 0.6) is 0 Å². The monoisotopic (exact) mass is 448 g/mol. The van der Waals surface area contributed by atoms with Gasteiger partial charge in [-0.15, -0.1) is 5.10 Å². The van der Waals surface area contributed by atoms with Crippen molar-refractivity contribution in [3.8, 4) is 11.4 Å². The molecule has 0 aromatic carbocycles. The molecule has 170 valence electrons. The standard InChI is InChI=1S/C21H23F3N6O2/c1-12-8-14(15-11-30(29-28-15)16-4-2-3-5-17(31)20(16)32)26-19(9-12)27-18-10-13(6-7-25-18)21(22,23)24/h6-11,16-17,20,31-32H,2-5H2,1H3,(H,25,26,27). The molecule has 0 saturated heterocycles. The van der Waals surface area contributed by atoms with E-state index in [9.17, 15) is 23.4 Å². The molecule has 0 amide bonds. The molecule has 1 fully saturated rings. The van der Waals surface area contributed by atoms with E-state index in [2.05, 4.69) is 25.6 Å². The Morgan fingerprint density at radius 2 is 1.84 bits per heavy atom. The van der Waals surface area contributed by atoms with Gasteiger partial charge in [0.05, 0.1) is 29.6 Å². The number of aromatic nitrogens is 5. The van der Waals surface area contributed by atoms with Gasteiger partial charge in [0.15, 0.2) is 0 Å². The fourth-order valence-electron chi connectivity index (χ4n) is 3.82. The molecule has 3 atom stereocenters. The van der Waals surface area contributed by atoms with Gasteiger partial charge in [-0.2, -0.15) is 13.2 Å². The lowest BCUT2D eigenvalue weighted by Crippen LogP contribution is -2.33. The van der Waals surface area contributed by atoms with E-state index in [0.717, 1.165) is 36.7 Å². The van der Waals surface area contributed by atoms with Crippen LogP contribution in [0.15, 0.2) is 36.7 Å². The molecule has 3 heterocycles. The van der Waals surface area contributed by atoms with Crippen LogP contribution >= 0.6 is 0 Å². The third-order valence-corrected chi connectivity index (χ3v) is 5.46. The molecule has 0 radical (unpaired) electrons. The van der Waals surface area contributed by atoms with Crippen LogP contribution in [0.1, 0.15) is 42.9 Å². The molecule has 1 saturated carbocycles. The molecule has 0 bridgehead atoms. The first-order valence-corrected chi connectivity index (χ1v) is 10.3. The van der Waals surface area contributed by atoms with Crippen LogP contribution in [0.2, 0.25) is 0 Å². The number of aliphatic hydroxyl groups is 2. The Kier molecular flexibility index (Phi) is 6.11. The van der Waals surface area contributed by atoms with Gasteiger partial charge < -0.3 is 15.5 Å². The molecule has 3 aromatic heterocycles. The van der Waals surface area contributed by atoms with E-state index >= 15 is 0 Å². The summed E-state index contributed by atoms with van der Waals surface area (Å²) in [4.78, 5) is 8.38. The molecule has 1 aliphatic rings. The highest BCUT2D eigenvalue weighted by Gasteiger charge is 2.32. The van der Waals surface area contributed by atoms with Crippen molar-refractivity contribution in [3.05, 3.63) is 47.8 Å². The van der Waals surface area contributed by atoms with E-state index in [-0.39, 0.29) is 5.82 Å². The summed E-state index contributed by atoms with van der Waals surface area (Å²) in [5.74, 6) is 0.328. The molecule has 11 heteroatoms. The van der Waals surface area contributed by atoms with Gasteiger partial charge in [-0.3, -0.25) is 0 Å². The molecule has 3 aromatic rings. The minimum Gasteiger partial charge on any atom is -0.390 e. The van der Waals surface area contributed by atoms with Crippen LogP contribution in [0.25, 0.3) is 11.4 Å². The van der Waals surface area contributed by atoms with E-state index in [1.165, 1.54) is 0 Å². The SMILES string of the molecule is Cc1cc(Nc2cc(C(F)(F)F)ccn2)nc(-c2cn(C3CCCCC(O)C3O)nn2)c1. The number of nitrogens with one attached hydrogen (secondary N) is 1. The summed E-state index contributed by atoms with van der Waals surface area (Å²) in [6, 6.07) is 4.88. The number of nitrogens with zero attached hydrogens (tertiary/aromatic N) is 5. The number of pyridine rings is 2. The molecule has 3 N–H and O–H groups in total. The number of anilines is 2. The zero-order valence-corrected chi connectivity index (χ0v) is 17.3. The Balaban J connectivity index is 1.59. The predicted octanol–water partition coefficient (Wildman–Crippen LogP) is 3.64. The Labute approximate surface area is 182 Å². The fourth-order valence-corrected chi connectivity index (χ4v) is 3.82. The van der Waals surface area contributed by atoms with Crippen LogP contribution in [-0.2, 0) is 6.18 Å². The predicted molar refractivity (Wildman–Crippen MR) is 110 cm³/mol. The largest absolute Gasteiger partial charge is 0.416 e. The second-order valence-corrected chi connectivity index (χ2v) is 7.96. The lowest BCUT2D eigenvalue weighted by atomic mass is 10.0. The smallest absolute Gasteiger partial charge is 0.390 e. The summed E-state index contributed by atoms with van der Waals surface area (Å²) < 4.78 is 40.4. The van der Waals surface area contributed by atoms with E-state index < -0.39 is 30.0 Å². The van der Waals surface area contributed by atoms with Gasteiger partial charge in [0, 0.05) is 6.20 Å². The number of halogens is 3. The van der Waals surface area contributed by atoms with Gasteiger partial charge in [0.1, 0.15) is 23.4 Å². The lowest BCUT2D eigenvalue weighted by Gasteiger charge is -2.23. The quantitative estimate of drug-likeness (QED) is 0.523. The molecule has 3 unspecified atom stereocenters. The topological polar surface area (TPSA) is 109 Å². The third-order valence-electron chi connectivity index (χ3n) is 5.46. The van der Waals surface area contributed by atoms with Crippen LogP contribution in [-0.4, -0.2) is 47.4 Å². The van der Waals surface area contributed by atoms with Crippen molar-refractivity contribution in [1.29, 1.82) is 0 Å². The highest BCUT2D eigenvalue weighted by Crippen LogP contribution is 2.31. The summed E-state index contributed by atoms with van der Waals surface area (Å²) in [5, 5.41) is 31.6. The Morgan fingerprint density at radius 3 is 2.62 bits per heavy atom.